The van der Waals surface area contributed by atoms with E-state index in [9.17, 15) is 30.3 Å². The van der Waals surface area contributed by atoms with Gasteiger partial charge in [0, 0.05) is 25.4 Å². The number of guanidine groups is 1. The Labute approximate surface area is 250 Å². The van der Waals surface area contributed by atoms with Gasteiger partial charge < -0.3 is 78.5 Å². The normalized spacial score (nSPS) is 46.7. The lowest BCUT2D eigenvalue weighted by Gasteiger charge is -2.48. The predicted octanol–water partition coefficient (Wildman–Crippen LogP) is -5.59. The summed E-state index contributed by atoms with van der Waals surface area (Å²) in [6.07, 6.45) is -9.18. The smallest absolute Gasteiger partial charge is 0.186 e. The lowest BCUT2D eigenvalue weighted by molar-refractivity contribution is -0.318. The first kappa shape index (κ1) is 34.3. The molecule has 0 aromatic rings. The average Bonchev–Trinajstić information content (AvgIpc) is 3.62. The number of nitrogens with zero attached hydrogens (tertiary/aromatic N) is 1. The molecule has 2 saturated heterocycles. The van der Waals surface area contributed by atoms with Gasteiger partial charge in [-0.15, -0.1) is 0 Å². The van der Waals surface area contributed by atoms with Crippen LogP contribution in [0.2, 0.25) is 0 Å². The molecule has 0 aromatic heterocycles. The van der Waals surface area contributed by atoms with Gasteiger partial charge in [0.15, 0.2) is 24.3 Å². The Bertz CT molecular complexity index is 975. The molecule has 0 aromatic carbocycles. The number of aliphatic hydroxyl groups is 5. The number of aliphatic hydroxyl groups excluding tert-OH is 4. The standard InChI is InChI=1S/C26H49N7O10/c1-2-32-8-11-3-4-12(27)23(40-11)43-22-13(28)5-10(6-16(35)26(39)7-15(26)33-25(30)31)21(20(22)38)42-24-19(37)17(29)18(36)14(9-34)41-24/h10-15,17-24,32,34,36-39H,2-9,27-29H2,1H3,(H4,30,31,33)/t10-,11-,12+,13-,14+,15?,17-,18+,19+,20+,21-,22?,23+,24+,26?/m0/s1. The largest absolute Gasteiger partial charge is 0.394 e. The first-order valence-corrected chi connectivity index (χ1v) is 14.9. The summed E-state index contributed by atoms with van der Waals surface area (Å²) in [5, 5.41) is 56.3. The van der Waals surface area contributed by atoms with Crippen molar-refractivity contribution in [1.29, 1.82) is 0 Å². The van der Waals surface area contributed by atoms with E-state index in [1.54, 1.807) is 0 Å². The number of likely N-dealkylation sites (N-methyl/N-ethyl adjacent to an activating group) is 1. The number of carbonyl (C=O) groups excluding carboxylic acids is 1. The number of carbonyl (C=O) groups is 1. The van der Waals surface area contributed by atoms with Crippen LogP contribution in [-0.4, -0.2) is 142 Å². The molecule has 2 aliphatic heterocycles. The fourth-order valence-electron chi connectivity index (χ4n) is 6.19. The second-order valence-corrected chi connectivity index (χ2v) is 12.1. The fourth-order valence-corrected chi connectivity index (χ4v) is 6.19. The quantitative estimate of drug-likeness (QED) is 0.0716. The van der Waals surface area contributed by atoms with E-state index >= 15 is 0 Å². The van der Waals surface area contributed by atoms with Gasteiger partial charge in [0.05, 0.1) is 36.9 Å². The number of rotatable bonds is 12. The third kappa shape index (κ3) is 7.63. The summed E-state index contributed by atoms with van der Waals surface area (Å²) in [7, 11) is 0. The van der Waals surface area contributed by atoms with E-state index in [1.807, 2.05) is 6.92 Å². The molecule has 248 valence electrons. The van der Waals surface area contributed by atoms with E-state index in [0.29, 0.717) is 13.0 Å². The monoisotopic (exact) mass is 619 g/mol. The topological polar surface area (TPSA) is 310 Å². The molecule has 0 amide bonds. The minimum absolute atomic E-state index is 0.0304. The van der Waals surface area contributed by atoms with Gasteiger partial charge in [-0.25, -0.2) is 4.99 Å². The molecule has 17 heteroatoms. The van der Waals surface area contributed by atoms with Crippen molar-refractivity contribution in [1.82, 2.24) is 5.32 Å². The molecule has 17 nitrogen and oxygen atoms in total. The molecule has 4 rings (SSSR count). The second kappa shape index (κ2) is 14.2. The Kier molecular flexibility index (Phi) is 11.4. The van der Waals surface area contributed by atoms with Crippen LogP contribution >= 0.6 is 0 Å². The van der Waals surface area contributed by atoms with Crippen LogP contribution in [0.5, 0.6) is 0 Å². The predicted molar refractivity (Wildman–Crippen MR) is 151 cm³/mol. The van der Waals surface area contributed by atoms with Crippen LogP contribution < -0.4 is 34.0 Å². The number of aliphatic imine (C=N–C) groups is 1. The molecule has 4 fully saturated rings. The summed E-state index contributed by atoms with van der Waals surface area (Å²) in [6.45, 7) is 2.72. The SMILES string of the molecule is CCNC[C@@H]1CC[C@@H](N)[C@@H](OC2[C@@H](N)C[C@@H](CC(=O)C3(O)CC3N=C(N)N)[C@H](O[C@H]3O[C@H](CO)[C@@H](O)[C@H](N)[C@H]3O)[C@H]2O)O1. The Balaban J connectivity index is 1.54. The van der Waals surface area contributed by atoms with Crippen molar-refractivity contribution in [3.63, 3.8) is 0 Å². The number of hydrogen-bond acceptors (Lipinski definition) is 15. The molecule has 4 aliphatic rings. The maximum absolute atomic E-state index is 13.2. The molecule has 15 atom stereocenters. The van der Waals surface area contributed by atoms with Crippen molar-refractivity contribution < 1.29 is 49.3 Å². The highest BCUT2D eigenvalue weighted by atomic mass is 16.7. The van der Waals surface area contributed by atoms with E-state index in [2.05, 4.69) is 10.3 Å². The Hall–Kier alpha value is -1.58. The summed E-state index contributed by atoms with van der Waals surface area (Å²) in [4.78, 5) is 17.1. The first-order valence-electron chi connectivity index (χ1n) is 14.9. The molecule has 43 heavy (non-hydrogen) atoms. The third-order valence-corrected chi connectivity index (χ3v) is 8.91. The summed E-state index contributed by atoms with van der Waals surface area (Å²) >= 11 is 0. The number of hydrogen-bond donors (Lipinski definition) is 11. The fraction of sp³-hybridized carbons (Fsp3) is 0.923. The number of nitrogens with one attached hydrogen (secondary N) is 1. The molecule has 2 saturated carbocycles. The molecule has 16 N–H and O–H groups in total. The molecule has 2 heterocycles. The van der Waals surface area contributed by atoms with Gasteiger partial charge in [0.25, 0.3) is 0 Å². The van der Waals surface area contributed by atoms with Gasteiger partial charge in [-0.3, -0.25) is 4.79 Å². The van der Waals surface area contributed by atoms with E-state index in [1.165, 1.54) is 0 Å². The lowest BCUT2D eigenvalue weighted by Crippen LogP contribution is -2.66. The third-order valence-electron chi connectivity index (χ3n) is 8.91. The van der Waals surface area contributed by atoms with Crippen molar-refractivity contribution in [2.24, 2.45) is 39.6 Å². The minimum atomic E-state index is -1.78. The van der Waals surface area contributed by atoms with Crippen molar-refractivity contribution in [3.8, 4) is 0 Å². The van der Waals surface area contributed by atoms with Gasteiger partial charge in [0.2, 0.25) is 0 Å². The maximum Gasteiger partial charge on any atom is 0.186 e. The highest BCUT2D eigenvalue weighted by molar-refractivity contribution is 5.92. The zero-order chi connectivity index (χ0) is 31.6. The second-order valence-electron chi connectivity index (χ2n) is 12.1. The lowest BCUT2D eigenvalue weighted by atomic mass is 9.76. The van der Waals surface area contributed by atoms with Crippen molar-refractivity contribution in [2.45, 2.75) is 124 Å². The van der Waals surface area contributed by atoms with E-state index in [0.717, 1.165) is 13.0 Å². The number of ether oxygens (including phenoxy) is 4. The number of ketones is 1. The summed E-state index contributed by atoms with van der Waals surface area (Å²) < 4.78 is 23.9. The van der Waals surface area contributed by atoms with Gasteiger partial charge >= 0.3 is 0 Å². The van der Waals surface area contributed by atoms with Gasteiger partial charge in [0.1, 0.15) is 36.1 Å². The summed E-state index contributed by atoms with van der Waals surface area (Å²) in [5.41, 5.74) is 27.8. The van der Waals surface area contributed by atoms with Crippen LogP contribution in [0.1, 0.15) is 39.0 Å². The zero-order valence-corrected chi connectivity index (χ0v) is 24.4. The molecule has 0 radical (unpaired) electrons. The van der Waals surface area contributed by atoms with Gasteiger partial charge in [-0.1, -0.05) is 6.92 Å². The molecule has 3 unspecified atom stereocenters. The molecule has 2 aliphatic carbocycles. The summed E-state index contributed by atoms with van der Waals surface area (Å²) in [5.74, 6) is -1.62. The average molecular weight is 620 g/mol. The zero-order valence-electron chi connectivity index (χ0n) is 24.4. The highest BCUT2D eigenvalue weighted by Crippen LogP contribution is 2.43. The molecule has 0 spiro atoms. The van der Waals surface area contributed by atoms with Crippen molar-refractivity contribution >= 4 is 11.7 Å². The van der Waals surface area contributed by atoms with E-state index in [-0.39, 0.29) is 31.3 Å². The number of Topliss-reactive ketones (excluding diaryl/α,β-unsaturated/α-hetero) is 1. The van der Waals surface area contributed by atoms with Crippen molar-refractivity contribution in [3.05, 3.63) is 0 Å². The van der Waals surface area contributed by atoms with Crippen LogP contribution in [0.25, 0.3) is 0 Å². The summed E-state index contributed by atoms with van der Waals surface area (Å²) in [6, 6.07) is -3.32. The minimum Gasteiger partial charge on any atom is -0.394 e. The molecular weight excluding hydrogens is 570 g/mol. The van der Waals surface area contributed by atoms with Crippen LogP contribution in [0, 0.1) is 5.92 Å². The first-order chi connectivity index (χ1) is 20.3. The van der Waals surface area contributed by atoms with Gasteiger partial charge in [-0.2, -0.15) is 0 Å². The molecular formula is C26H49N7O10. The van der Waals surface area contributed by atoms with Gasteiger partial charge in [-0.05, 0) is 31.7 Å². The Morgan fingerprint density at radius 1 is 1.00 bits per heavy atom. The van der Waals surface area contributed by atoms with Crippen LogP contribution in [0.3, 0.4) is 0 Å². The van der Waals surface area contributed by atoms with Crippen LogP contribution in [-0.2, 0) is 23.7 Å². The van der Waals surface area contributed by atoms with E-state index in [4.69, 9.17) is 47.6 Å². The Morgan fingerprint density at radius 2 is 1.70 bits per heavy atom. The van der Waals surface area contributed by atoms with Crippen LogP contribution in [0.15, 0.2) is 4.99 Å². The Morgan fingerprint density at radius 3 is 2.35 bits per heavy atom. The van der Waals surface area contributed by atoms with Crippen LogP contribution in [0.4, 0.5) is 0 Å². The maximum atomic E-state index is 13.2. The highest BCUT2D eigenvalue weighted by Gasteiger charge is 2.60. The van der Waals surface area contributed by atoms with Crippen molar-refractivity contribution in [2.75, 3.05) is 19.7 Å². The molecule has 0 bridgehead atoms. The number of nitrogens with two attached hydrogens (primary N) is 5. The van der Waals surface area contributed by atoms with E-state index < -0.39 is 97.3 Å².